The van der Waals surface area contributed by atoms with E-state index in [9.17, 15) is 9.59 Å². The Labute approximate surface area is 207 Å². The van der Waals surface area contributed by atoms with Crippen molar-refractivity contribution < 1.29 is 28.2 Å². The molecule has 3 heterocycles. The molecule has 10 heteroatoms. The molecule has 35 heavy (non-hydrogen) atoms. The number of carbonyl (C=O) groups is 2. The van der Waals surface area contributed by atoms with E-state index in [1.54, 1.807) is 38.7 Å². The summed E-state index contributed by atoms with van der Waals surface area (Å²) in [5.41, 5.74) is 2.43. The molecule has 1 aromatic heterocycles. The van der Waals surface area contributed by atoms with Gasteiger partial charge in [0, 0.05) is 11.3 Å². The first-order valence-corrected chi connectivity index (χ1v) is 11.9. The Morgan fingerprint density at radius 2 is 2.00 bits per heavy atom. The van der Waals surface area contributed by atoms with Crippen molar-refractivity contribution in [2.75, 3.05) is 21.3 Å². The van der Waals surface area contributed by atoms with Crippen molar-refractivity contribution in [2.24, 2.45) is 4.99 Å². The van der Waals surface area contributed by atoms with Gasteiger partial charge >= 0.3 is 5.97 Å². The summed E-state index contributed by atoms with van der Waals surface area (Å²) in [6, 6.07) is 8.46. The van der Waals surface area contributed by atoms with Crippen LogP contribution in [0, 0.1) is 0 Å². The van der Waals surface area contributed by atoms with Gasteiger partial charge in [-0.2, -0.15) is 0 Å². The first kappa shape index (κ1) is 24.5. The zero-order valence-electron chi connectivity index (χ0n) is 20.0. The fourth-order valence-corrected chi connectivity index (χ4v) is 5.10. The van der Waals surface area contributed by atoms with Crippen LogP contribution in [0.15, 0.2) is 68.4 Å². The molecule has 1 N–H and O–H groups in total. The minimum absolute atomic E-state index is 0.0887. The third kappa shape index (κ3) is 4.79. The second-order valence-corrected chi connectivity index (χ2v) is 8.55. The van der Waals surface area contributed by atoms with Crippen molar-refractivity contribution >= 4 is 28.8 Å². The molecule has 2 aliphatic heterocycles. The van der Waals surface area contributed by atoms with Crippen LogP contribution in [0.25, 0.3) is 0 Å². The van der Waals surface area contributed by atoms with Gasteiger partial charge in [-0.25, -0.2) is 9.79 Å². The second kappa shape index (κ2) is 10.7. The summed E-state index contributed by atoms with van der Waals surface area (Å²) < 4.78 is 21.7. The van der Waals surface area contributed by atoms with Crippen LogP contribution in [0.4, 0.5) is 0 Å². The molecule has 0 radical (unpaired) electrons. The number of hydrogen-bond donors (Lipinski definition) is 1. The number of aliphatic imine (C=N–C) groups is 1. The minimum Gasteiger partial charge on any atom is -0.493 e. The van der Waals surface area contributed by atoms with Crippen molar-refractivity contribution in [3.63, 3.8) is 0 Å². The Hall–Kier alpha value is -3.66. The number of carbonyl (C=O) groups excluding carboxylic acids is 2. The molecule has 0 aliphatic carbocycles. The molecule has 0 fully saturated rings. The quantitative estimate of drug-likeness (QED) is 0.516. The number of nitrogens with zero attached hydrogens (tertiary/aromatic N) is 2. The number of nitrogens with one attached hydrogen (secondary N) is 1. The lowest BCUT2D eigenvalue weighted by Crippen LogP contribution is -2.38. The highest BCUT2D eigenvalue weighted by Gasteiger charge is 2.43. The fraction of sp³-hybridized carbons (Fsp3) is 0.320. The van der Waals surface area contributed by atoms with E-state index < -0.39 is 12.0 Å². The number of amidine groups is 1. The number of rotatable bonds is 9. The topological polar surface area (TPSA) is 103 Å². The molecule has 2 aromatic rings. The molecule has 1 amide bonds. The number of para-hydroxylation sites is 1. The van der Waals surface area contributed by atoms with Crippen LogP contribution in [-0.4, -0.2) is 43.3 Å². The molecule has 0 saturated carbocycles. The van der Waals surface area contributed by atoms with Gasteiger partial charge in [-0.05, 0) is 30.0 Å². The highest BCUT2D eigenvalue weighted by atomic mass is 32.2. The molecule has 4 rings (SSSR count). The van der Waals surface area contributed by atoms with Gasteiger partial charge in [0.1, 0.15) is 5.76 Å². The number of esters is 1. The molecule has 2 aliphatic rings. The summed E-state index contributed by atoms with van der Waals surface area (Å²) in [7, 11) is 4.46. The first-order chi connectivity index (χ1) is 17.0. The maximum Gasteiger partial charge on any atom is 0.338 e. The van der Waals surface area contributed by atoms with Gasteiger partial charge in [-0.15, -0.1) is 0 Å². The van der Waals surface area contributed by atoms with E-state index in [1.807, 2.05) is 29.4 Å². The van der Waals surface area contributed by atoms with Gasteiger partial charge in [-0.3, -0.25) is 4.79 Å². The molecular formula is C25H27N3O6S. The van der Waals surface area contributed by atoms with E-state index in [-0.39, 0.29) is 18.9 Å². The second-order valence-electron chi connectivity index (χ2n) is 7.72. The Bertz CT molecular complexity index is 1200. The summed E-state index contributed by atoms with van der Waals surface area (Å²) in [4.78, 5) is 32.5. The van der Waals surface area contributed by atoms with E-state index in [0.29, 0.717) is 51.4 Å². The van der Waals surface area contributed by atoms with Crippen molar-refractivity contribution in [2.45, 2.75) is 32.4 Å². The van der Waals surface area contributed by atoms with E-state index in [0.717, 1.165) is 0 Å². The molecule has 0 bridgehead atoms. The average Bonchev–Trinajstić information content (AvgIpc) is 3.55. The summed E-state index contributed by atoms with van der Waals surface area (Å²) >= 11 is 1.41. The molecule has 1 unspecified atom stereocenters. The lowest BCUT2D eigenvalue weighted by Gasteiger charge is -2.37. The van der Waals surface area contributed by atoms with E-state index in [1.165, 1.54) is 18.9 Å². The van der Waals surface area contributed by atoms with Crippen LogP contribution in [-0.2, 0) is 20.9 Å². The lowest BCUT2D eigenvalue weighted by atomic mass is 9.92. The molecular weight excluding hydrogens is 470 g/mol. The number of benzene rings is 1. The summed E-state index contributed by atoms with van der Waals surface area (Å²) in [5.74, 6) is 1.02. The zero-order valence-corrected chi connectivity index (χ0v) is 20.8. The molecule has 0 spiro atoms. The normalized spacial score (nSPS) is 16.9. The number of hydrogen-bond acceptors (Lipinski definition) is 9. The van der Waals surface area contributed by atoms with Crippen LogP contribution >= 0.6 is 11.8 Å². The van der Waals surface area contributed by atoms with Crippen molar-refractivity contribution in [1.82, 2.24) is 10.2 Å². The van der Waals surface area contributed by atoms with Crippen LogP contribution in [0.5, 0.6) is 11.5 Å². The van der Waals surface area contributed by atoms with Crippen LogP contribution in [0.1, 0.15) is 37.1 Å². The van der Waals surface area contributed by atoms with E-state index in [4.69, 9.17) is 23.6 Å². The number of methoxy groups -OCH3 is 3. The Morgan fingerprint density at radius 3 is 2.66 bits per heavy atom. The van der Waals surface area contributed by atoms with Gasteiger partial charge in [-0.1, -0.05) is 30.8 Å². The summed E-state index contributed by atoms with van der Waals surface area (Å²) in [6.07, 6.45) is 2.18. The number of amides is 1. The number of ether oxygens (including phenoxy) is 3. The highest BCUT2D eigenvalue weighted by Crippen LogP contribution is 2.49. The average molecular weight is 498 g/mol. The fourth-order valence-electron chi connectivity index (χ4n) is 4.16. The molecule has 1 aromatic carbocycles. The van der Waals surface area contributed by atoms with E-state index >= 15 is 0 Å². The number of fused-ring (bicyclic) bond motifs is 1. The lowest BCUT2D eigenvalue weighted by molar-refractivity contribution is -0.136. The van der Waals surface area contributed by atoms with Crippen LogP contribution in [0.3, 0.4) is 0 Å². The molecule has 1 atom stereocenters. The number of furan rings is 1. The maximum atomic E-state index is 13.1. The van der Waals surface area contributed by atoms with Crippen LogP contribution < -0.4 is 14.8 Å². The molecule has 0 saturated heterocycles. The first-order valence-electron chi connectivity index (χ1n) is 11.1. The number of thioether (sulfide) groups is 1. The standard InChI is InChI=1S/C25H27N3O6S/c1-5-18-21(24(30)33-4)22(17-9-6-10-19(31-2)23(17)32-3)28-15(14-35-25(28)27-18)12-20(29)26-13-16-8-7-11-34-16/h6-11,14,22H,5,12-13H2,1-4H3,(H,26,29). The van der Waals surface area contributed by atoms with Gasteiger partial charge < -0.3 is 28.8 Å². The highest BCUT2D eigenvalue weighted by molar-refractivity contribution is 8.16. The molecule has 9 nitrogen and oxygen atoms in total. The van der Waals surface area contributed by atoms with Crippen molar-refractivity contribution in [3.05, 3.63) is 70.3 Å². The maximum absolute atomic E-state index is 13.1. The zero-order chi connectivity index (χ0) is 24.9. The Balaban J connectivity index is 1.73. The minimum atomic E-state index is -0.617. The number of allylic oxidation sites excluding steroid dienone is 1. The predicted octanol–water partition coefficient (Wildman–Crippen LogP) is 4.14. The van der Waals surface area contributed by atoms with Crippen LogP contribution in [0.2, 0.25) is 0 Å². The van der Waals surface area contributed by atoms with Gasteiger partial charge in [0.05, 0.1) is 57.9 Å². The van der Waals surface area contributed by atoms with E-state index in [2.05, 4.69) is 5.32 Å². The largest absolute Gasteiger partial charge is 0.493 e. The van der Waals surface area contributed by atoms with Gasteiger partial charge in [0.15, 0.2) is 16.7 Å². The van der Waals surface area contributed by atoms with Crippen molar-refractivity contribution in [3.8, 4) is 11.5 Å². The predicted molar refractivity (Wildman–Crippen MR) is 132 cm³/mol. The smallest absolute Gasteiger partial charge is 0.338 e. The third-order valence-electron chi connectivity index (χ3n) is 5.74. The van der Waals surface area contributed by atoms with Gasteiger partial charge in [0.25, 0.3) is 0 Å². The third-order valence-corrected chi connectivity index (χ3v) is 6.63. The van der Waals surface area contributed by atoms with Crippen molar-refractivity contribution in [1.29, 1.82) is 0 Å². The van der Waals surface area contributed by atoms with Gasteiger partial charge in [0.2, 0.25) is 5.91 Å². The SMILES string of the molecule is CCC1=C(C(=O)OC)C(c2cccc(OC)c2OC)N2C(CC(=O)NCc3ccco3)=CSC2=N1. The Kier molecular flexibility index (Phi) is 7.50. The summed E-state index contributed by atoms with van der Waals surface area (Å²) in [5, 5.41) is 5.44. The molecule has 184 valence electrons. The monoisotopic (exact) mass is 497 g/mol. The Morgan fingerprint density at radius 1 is 1.17 bits per heavy atom. The summed E-state index contributed by atoms with van der Waals surface area (Å²) in [6.45, 7) is 2.22.